The zero-order chi connectivity index (χ0) is 31.3. The van der Waals surface area contributed by atoms with Gasteiger partial charge in [0.15, 0.2) is 0 Å². The van der Waals surface area contributed by atoms with Gasteiger partial charge in [0.2, 0.25) is 0 Å². The molecule has 0 saturated heterocycles. The molecule has 0 fully saturated rings. The second kappa shape index (κ2) is 13.2. The number of phenols is 1. The molecule has 1 aliphatic heterocycles. The van der Waals surface area contributed by atoms with Gasteiger partial charge in [0, 0.05) is 48.9 Å². The van der Waals surface area contributed by atoms with Crippen LogP contribution in [0.25, 0.3) is 11.1 Å². The van der Waals surface area contributed by atoms with Crippen LogP contribution in [0, 0.1) is 17.5 Å². The maximum absolute atomic E-state index is 14.7. The fraction of sp³-hybridized carbons (Fsp3) is 0.312. The molecular formula is C32H33F3N2O6. The Labute approximate surface area is 246 Å². The molecule has 0 saturated carbocycles. The highest BCUT2D eigenvalue weighted by Crippen LogP contribution is 2.37. The summed E-state index contributed by atoms with van der Waals surface area (Å²) < 4.78 is 55.7. The van der Waals surface area contributed by atoms with E-state index in [0.29, 0.717) is 24.2 Å². The van der Waals surface area contributed by atoms with Crippen molar-refractivity contribution >= 4 is 5.97 Å². The van der Waals surface area contributed by atoms with E-state index in [1.807, 2.05) is 6.07 Å². The summed E-state index contributed by atoms with van der Waals surface area (Å²) in [6.07, 6.45) is 5.92. The van der Waals surface area contributed by atoms with Crippen molar-refractivity contribution in [2.75, 3.05) is 6.61 Å². The van der Waals surface area contributed by atoms with Crippen LogP contribution in [0.5, 0.6) is 23.0 Å². The van der Waals surface area contributed by atoms with Gasteiger partial charge in [-0.25, -0.2) is 13.2 Å². The molecule has 228 valence electrons. The summed E-state index contributed by atoms with van der Waals surface area (Å²) in [5, 5.41) is 30.4. The first-order valence-corrected chi connectivity index (χ1v) is 13.7. The molecule has 0 unspecified atom stereocenters. The topological polar surface area (TPSA) is 114 Å². The summed E-state index contributed by atoms with van der Waals surface area (Å²) in [5.41, 5.74) is 1.59. The Morgan fingerprint density at radius 2 is 1.70 bits per heavy atom. The number of benzene rings is 3. The van der Waals surface area contributed by atoms with Gasteiger partial charge in [-0.3, -0.25) is 9.48 Å². The lowest BCUT2D eigenvalue weighted by Crippen LogP contribution is -2.26. The van der Waals surface area contributed by atoms with Gasteiger partial charge in [0.25, 0.3) is 5.97 Å². The van der Waals surface area contributed by atoms with E-state index in [2.05, 4.69) is 5.10 Å². The van der Waals surface area contributed by atoms with E-state index in [1.165, 1.54) is 34.8 Å². The number of aliphatic carboxylic acids is 1. The summed E-state index contributed by atoms with van der Waals surface area (Å²) in [7, 11) is 0. The number of aromatic hydroxyl groups is 1. The van der Waals surface area contributed by atoms with Crippen LogP contribution in [0.1, 0.15) is 43.9 Å². The number of carboxylic acid groups (broad SMARTS) is 1. The number of rotatable bonds is 5. The number of hydrogen-bond acceptors (Lipinski definition) is 6. The van der Waals surface area contributed by atoms with Gasteiger partial charge < -0.3 is 24.8 Å². The molecular weight excluding hydrogens is 565 g/mol. The lowest BCUT2D eigenvalue weighted by atomic mass is 10.1. The van der Waals surface area contributed by atoms with E-state index in [4.69, 9.17) is 24.5 Å². The number of fused-ring (bicyclic) bond motifs is 2. The van der Waals surface area contributed by atoms with Gasteiger partial charge in [0.1, 0.15) is 40.4 Å². The minimum atomic E-state index is -1.01. The first kappa shape index (κ1) is 31.4. The van der Waals surface area contributed by atoms with Gasteiger partial charge in [-0.2, -0.15) is 5.10 Å². The second-order valence-electron chi connectivity index (χ2n) is 10.9. The van der Waals surface area contributed by atoms with Crippen LogP contribution in [0.2, 0.25) is 0 Å². The van der Waals surface area contributed by atoms with Crippen molar-refractivity contribution in [1.82, 2.24) is 9.78 Å². The Hall–Kier alpha value is -4.51. The quantitative estimate of drug-likeness (QED) is 0.242. The molecule has 3 N–H and O–H groups in total. The van der Waals surface area contributed by atoms with Gasteiger partial charge >= 0.3 is 0 Å². The van der Waals surface area contributed by atoms with E-state index in [9.17, 15) is 18.3 Å². The standard InChI is InChI=1S/C22H21F3N2O2.C8H8O2.C2H4O2/c1-22(2,28)12-27-11-13(10-26-27)21-18(24)8-14(9-19(21)25)29-20-7-6-17(23)15-4-3-5-16(15)20;9-7-2-1-6-3-4-10-8(6)5-7;1-2(3)4/h6-11,28H,3-5,12H2,1-2H3;1-2,5,9H,3-4H2;1H3,(H,3,4). The average molecular weight is 599 g/mol. The highest BCUT2D eigenvalue weighted by atomic mass is 19.1. The Balaban J connectivity index is 0.000000248. The maximum Gasteiger partial charge on any atom is 0.300 e. The Morgan fingerprint density at radius 3 is 2.37 bits per heavy atom. The monoisotopic (exact) mass is 598 g/mol. The first-order chi connectivity index (χ1) is 20.3. The largest absolute Gasteiger partial charge is 0.508 e. The van der Waals surface area contributed by atoms with Crippen molar-refractivity contribution in [3.63, 3.8) is 0 Å². The summed E-state index contributed by atoms with van der Waals surface area (Å²) in [6.45, 7) is 5.26. The van der Waals surface area contributed by atoms with Crippen LogP contribution in [0.3, 0.4) is 0 Å². The van der Waals surface area contributed by atoms with Crippen LogP contribution in [-0.2, 0) is 30.6 Å². The van der Waals surface area contributed by atoms with Crippen LogP contribution in [-0.4, -0.2) is 43.3 Å². The van der Waals surface area contributed by atoms with Crippen molar-refractivity contribution in [3.05, 3.63) is 89.0 Å². The summed E-state index contributed by atoms with van der Waals surface area (Å²) in [6, 6.07) is 10.3. The Morgan fingerprint density at radius 1 is 1.02 bits per heavy atom. The van der Waals surface area contributed by atoms with Gasteiger partial charge in [-0.05, 0) is 62.4 Å². The van der Waals surface area contributed by atoms with Crippen LogP contribution < -0.4 is 9.47 Å². The summed E-state index contributed by atoms with van der Waals surface area (Å²) in [4.78, 5) is 9.00. The number of nitrogens with zero attached hydrogens (tertiary/aromatic N) is 2. The molecule has 2 aliphatic rings. The smallest absolute Gasteiger partial charge is 0.300 e. The summed E-state index contributed by atoms with van der Waals surface area (Å²) >= 11 is 0. The molecule has 0 amide bonds. The molecule has 4 aromatic rings. The molecule has 1 aliphatic carbocycles. The number of aliphatic hydroxyl groups is 1. The maximum atomic E-state index is 14.7. The zero-order valence-electron chi connectivity index (χ0n) is 24.0. The van der Waals surface area contributed by atoms with Crippen LogP contribution >= 0.6 is 0 Å². The highest BCUT2D eigenvalue weighted by molar-refractivity contribution is 5.65. The minimum absolute atomic E-state index is 0.00772. The predicted octanol–water partition coefficient (Wildman–Crippen LogP) is 6.44. The lowest BCUT2D eigenvalue weighted by Gasteiger charge is -2.16. The fourth-order valence-electron chi connectivity index (χ4n) is 4.87. The minimum Gasteiger partial charge on any atom is -0.508 e. The number of carbonyl (C=O) groups is 1. The number of carboxylic acids is 1. The van der Waals surface area contributed by atoms with E-state index in [1.54, 1.807) is 26.0 Å². The van der Waals surface area contributed by atoms with Crippen LogP contribution in [0.15, 0.2) is 54.9 Å². The molecule has 0 bridgehead atoms. The molecule has 3 aromatic carbocycles. The second-order valence-corrected chi connectivity index (χ2v) is 10.9. The average Bonchev–Trinajstić information content (AvgIpc) is 3.66. The summed E-state index contributed by atoms with van der Waals surface area (Å²) in [5.74, 6) is -1.15. The third-order valence-electron chi connectivity index (χ3n) is 6.58. The number of halogens is 3. The Bertz CT molecular complexity index is 1590. The van der Waals surface area contributed by atoms with Gasteiger partial charge in [-0.15, -0.1) is 0 Å². The van der Waals surface area contributed by atoms with Crippen molar-refractivity contribution in [3.8, 4) is 34.1 Å². The molecule has 8 nitrogen and oxygen atoms in total. The van der Waals surface area contributed by atoms with Crippen molar-refractivity contribution < 1.29 is 42.8 Å². The fourth-order valence-corrected chi connectivity index (χ4v) is 4.87. The van der Waals surface area contributed by atoms with Gasteiger partial charge in [-0.1, -0.05) is 6.07 Å². The van der Waals surface area contributed by atoms with Crippen LogP contribution in [0.4, 0.5) is 13.2 Å². The highest BCUT2D eigenvalue weighted by Gasteiger charge is 2.22. The SMILES string of the molecule is CC(=O)O.CC(C)(O)Cn1cc(-c2c(F)cc(Oc3ccc(F)c4c3CCC4)cc2F)cn1.Oc1ccc2c(c1)OCC2. The molecule has 11 heteroatoms. The van der Waals surface area contributed by atoms with Gasteiger partial charge in [0.05, 0.1) is 30.5 Å². The predicted molar refractivity (Wildman–Crippen MR) is 153 cm³/mol. The third-order valence-corrected chi connectivity index (χ3v) is 6.58. The van der Waals surface area contributed by atoms with E-state index < -0.39 is 23.2 Å². The van der Waals surface area contributed by atoms with E-state index >= 15 is 0 Å². The number of hydrogen-bond donors (Lipinski definition) is 3. The lowest BCUT2D eigenvalue weighted by molar-refractivity contribution is -0.134. The Kier molecular flexibility index (Phi) is 9.65. The van der Waals surface area contributed by atoms with Crippen molar-refractivity contribution in [1.29, 1.82) is 0 Å². The molecule has 2 heterocycles. The van der Waals surface area contributed by atoms with E-state index in [0.717, 1.165) is 49.8 Å². The van der Waals surface area contributed by atoms with Crippen molar-refractivity contribution in [2.24, 2.45) is 0 Å². The molecule has 1 aromatic heterocycles. The molecule has 0 atom stereocenters. The molecule has 6 rings (SSSR count). The molecule has 0 radical (unpaired) electrons. The van der Waals surface area contributed by atoms with E-state index in [-0.39, 0.29) is 35.0 Å². The number of ether oxygens (including phenoxy) is 2. The molecule has 0 spiro atoms. The normalized spacial score (nSPS) is 13.1. The number of phenolic OH excluding ortho intramolecular Hbond substituents is 1. The first-order valence-electron chi connectivity index (χ1n) is 13.7. The third kappa shape index (κ3) is 8.29. The zero-order valence-corrected chi connectivity index (χ0v) is 24.0. The molecule has 43 heavy (non-hydrogen) atoms. The van der Waals surface area contributed by atoms with Crippen molar-refractivity contribution in [2.45, 2.75) is 58.6 Å². The number of aromatic nitrogens is 2.